The van der Waals surface area contributed by atoms with E-state index < -0.39 is 6.10 Å². The smallest absolute Gasteiger partial charge is 0.248 e. The molecule has 3 N–H and O–H groups in total. The third kappa shape index (κ3) is 8.02. The third-order valence-electron chi connectivity index (χ3n) is 2.89. The van der Waals surface area contributed by atoms with E-state index >= 15 is 0 Å². The van der Waals surface area contributed by atoms with E-state index in [2.05, 4.69) is 5.32 Å². The number of nitrogens with one attached hydrogen (secondary N) is 1. The molecular formula is C15H25ClN2O3. The van der Waals surface area contributed by atoms with Crippen molar-refractivity contribution in [1.29, 1.82) is 0 Å². The summed E-state index contributed by atoms with van der Waals surface area (Å²) in [7, 11) is 0. The third-order valence-corrected chi connectivity index (χ3v) is 2.89. The minimum Gasteiger partial charge on any atom is -0.379 e. The number of halogens is 1. The van der Waals surface area contributed by atoms with Crippen molar-refractivity contribution in [2.24, 2.45) is 5.73 Å². The summed E-state index contributed by atoms with van der Waals surface area (Å²) in [5.74, 6) is -0.159. The first-order valence-electron chi connectivity index (χ1n) is 6.92. The number of carbonyl (C=O) groups excluding carboxylic acids is 1. The van der Waals surface area contributed by atoms with Crippen LogP contribution in [0.3, 0.4) is 0 Å². The average Bonchev–Trinajstić information content (AvgIpc) is 2.49. The van der Waals surface area contributed by atoms with Gasteiger partial charge in [-0.15, -0.1) is 12.4 Å². The van der Waals surface area contributed by atoms with Gasteiger partial charge in [-0.2, -0.15) is 0 Å². The van der Waals surface area contributed by atoms with Crippen LogP contribution in [0.15, 0.2) is 30.3 Å². The van der Waals surface area contributed by atoms with Gasteiger partial charge in [0.15, 0.2) is 0 Å². The van der Waals surface area contributed by atoms with Gasteiger partial charge in [-0.3, -0.25) is 4.79 Å². The number of hydrogen-bond donors (Lipinski definition) is 2. The van der Waals surface area contributed by atoms with E-state index in [0.29, 0.717) is 26.4 Å². The maximum absolute atomic E-state index is 11.8. The topological polar surface area (TPSA) is 73.6 Å². The van der Waals surface area contributed by atoms with Crippen molar-refractivity contribution < 1.29 is 14.3 Å². The van der Waals surface area contributed by atoms with Crippen LogP contribution in [0.2, 0.25) is 0 Å². The number of nitrogens with two attached hydrogens (primary N) is 1. The van der Waals surface area contributed by atoms with Gasteiger partial charge < -0.3 is 20.5 Å². The predicted octanol–water partition coefficient (Wildman–Crippen LogP) is 1.67. The monoisotopic (exact) mass is 316 g/mol. The highest BCUT2D eigenvalue weighted by Crippen LogP contribution is 2.07. The summed E-state index contributed by atoms with van der Waals surface area (Å²) >= 11 is 0. The molecule has 1 rings (SSSR count). The van der Waals surface area contributed by atoms with Crippen LogP contribution in [-0.2, 0) is 14.3 Å². The van der Waals surface area contributed by atoms with E-state index in [0.717, 1.165) is 5.56 Å². The Kier molecular flexibility index (Phi) is 10.9. The highest BCUT2D eigenvalue weighted by Gasteiger charge is 2.14. The van der Waals surface area contributed by atoms with Crippen molar-refractivity contribution >= 4 is 18.3 Å². The van der Waals surface area contributed by atoms with Crippen molar-refractivity contribution in [3.8, 4) is 0 Å². The first-order valence-corrected chi connectivity index (χ1v) is 6.92. The summed E-state index contributed by atoms with van der Waals surface area (Å²) in [6.07, 6.45) is -0.501. The SMILES string of the molecule is CCOCCOC(C)C(=O)NCC(N)c1ccccc1.Cl. The number of amides is 1. The molecule has 1 aromatic carbocycles. The molecule has 0 aliphatic carbocycles. The van der Waals surface area contributed by atoms with E-state index in [4.69, 9.17) is 15.2 Å². The first-order chi connectivity index (χ1) is 9.65. The fourth-order valence-electron chi connectivity index (χ4n) is 1.68. The Labute approximate surface area is 132 Å². The van der Waals surface area contributed by atoms with Gasteiger partial charge in [0.1, 0.15) is 6.10 Å². The molecule has 0 spiro atoms. The Bertz CT molecular complexity index is 390. The Morgan fingerprint density at radius 3 is 2.57 bits per heavy atom. The van der Waals surface area contributed by atoms with Crippen LogP contribution >= 0.6 is 12.4 Å². The van der Waals surface area contributed by atoms with Gasteiger partial charge in [0.05, 0.1) is 13.2 Å². The van der Waals surface area contributed by atoms with Crippen LogP contribution < -0.4 is 11.1 Å². The zero-order valence-electron chi connectivity index (χ0n) is 12.6. The summed E-state index contributed by atoms with van der Waals surface area (Å²) < 4.78 is 10.5. The number of hydrogen-bond acceptors (Lipinski definition) is 4. The minimum absolute atomic E-state index is 0. The van der Waals surface area contributed by atoms with Crippen LogP contribution in [-0.4, -0.2) is 38.4 Å². The van der Waals surface area contributed by atoms with Crippen LogP contribution in [0, 0.1) is 0 Å². The number of rotatable bonds is 9. The van der Waals surface area contributed by atoms with E-state index in [1.165, 1.54) is 0 Å². The van der Waals surface area contributed by atoms with Gasteiger partial charge in [0, 0.05) is 19.2 Å². The Balaban J connectivity index is 0.00000400. The number of benzene rings is 1. The lowest BCUT2D eigenvalue weighted by atomic mass is 10.1. The van der Waals surface area contributed by atoms with Crippen LogP contribution in [0.25, 0.3) is 0 Å². The van der Waals surface area contributed by atoms with Crippen molar-refractivity contribution in [3.05, 3.63) is 35.9 Å². The quantitative estimate of drug-likeness (QED) is 0.680. The molecule has 120 valence electrons. The van der Waals surface area contributed by atoms with Gasteiger partial charge in [-0.1, -0.05) is 30.3 Å². The maximum atomic E-state index is 11.8. The lowest BCUT2D eigenvalue weighted by Crippen LogP contribution is -2.39. The molecule has 0 aliphatic rings. The van der Waals surface area contributed by atoms with E-state index in [9.17, 15) is 4.79 Å². The molecule has 0 saturated heterocycles. The fraction of sp³-hybridized carbons (Fsp3) is 0.533. The average molecular weight is 317 g/mol. The molecule has 0 aromatic heterocycles. The van der Waals surface area contributed by atoms with Gasteiger partial charge in [0.25, 0.3) is 0 Å². The molecule has 2 unspecified atom stereocenters. The van der Waals surface area contributed by atoms with Crippen molar-refractivity contribution in [3.63, 3.8) is 0 Å². The second-order valence-electron chi connectivity index (χ2n) is 4.47. The Morgan fingerprint density at radius 2 is 1.95 bits per heavy atom. The lowest BCUT2D eigenvalue weighted by molar-refractivity contribution is -0.132. The van der Waals surface area contributed by atoms with E-state index in [1.54, 1.807) is 6.92 Å². The predicted molar refractivity (Wildman–Crippen MR) is 85.5 cm³/mol. The molecule has 1 amide bonds. The molecule has 0 radical (unpaired) electrons. The molecule has 2 atom stereocenters. The van der Waals surface area contributed by atoms with Crippen LogP contribution in [0.5, 0.6) is 0 Å². The molecular weight excluding hydrogens is 292 g/mol. The Morgan fingerprint density at radius 1 is 1.29 bits per heavy atom. The maximum Gasteiger partial charge on any atom is 0.248 e. The highest BCUT2D eigenvalue weighted by atomic mass is 35.5. The molecule has 5 nitrogen and oxygen atoms in total. The van der Waals surface area contributed by atoms with Gasteiger partial charge >= 0.3 is 0 Å². The Hall–Kier alpha value is -1.14. The molecule has 0 bridgehead atoms. The second-order valence-corrected chi connectivity index (χ2v) is 4.47. The fourth-order valence-corrected chi connectivity index (χ4v) is 1.68. The number of carbonyl (C=O) groups is 1. The van der Waals surface area contributed by atoms with E-state index in [1.807, 2.05) is 37.3 Å². The van der Waals surface area contributed by atoms with Crippen molar-refractivity contribution in [2.75, 3.05) is 26.4 Å². The second kappa shape index (κ2) is 11.5. The van der Waals surface area contributed by atoms with Crippen LogP contribution in [0.1, 0.15) is 25.5 Å². The molecule has 0 heterocycles. The summed E-state index contributed by atoms with van der Waals surface area (Å²) in [5.41, 5.74) is 7.01. The standard InChI is InChI=1S/C15H24N2O3.ClH/c1-3-19-9-10-20-12(2)15(18)17-11-14(16)13-7-5-4-6-8-13;/h4-8,12,14H,3,9-11,16H2,1-2H3,(H,17,18);1H. The van der Waals surface area contributed by atoms with Crippen molar-refractivity contribution in [2.45, 2.75) is 26.0 Å². The van der Waals surface area contributed by atoms with E-state index in [-0.39, 0.29) is 24.4 Å². The normalized spacial score (nSPS) is 13.1. The van der Waals surface area contributed by atoms with Crippen LogP contribution in [0.4, 0.5) is 0 Å². The summed E-state index contributed by atoms with van der Waals surface area (Å²) in [6, 6.07) is 9.46. The summed E-state index contributed by atoms with van der Waals surface area (Å²) in [6.45, 7) is 5.58. The summed E-state index contributed by atoms with van der Waals surface area (Å²) in [5, 5.41) is 2.79. The molecule has 1 aromatic rings. The minimum atomic E-state index is -0.501. The molecule has 0 saturated carbocycles. The number of ether oxygens (including phenoxy) is 2. The molecule has 21 heavy (non-hydrogen) atoms. The molecule has 0 fully saturated rings. The zero-order chi connectivity index (χ0) is 14.8. The lowest BCUT2D eigenvalue weighted by Gasteiger charge is -2.16. The first kappa shape index (κ1) is 19.9. The molecule has 6 heteroatoms. The zero-order valence-corrected chi connectivity index (χ0v) is 13.4. The van der Waals surface area contributed by atoms with Gasteiger partial charge in [-0.25, -0.2) is 0 Å². The van der Waals surface area contributed by atoms with Crippen molar-refractivity contribution in [1.82, 2.24) is 5.32 Å². The largest absolute Gasteiger partial charge is 0.379 e. The van der Waals surface area contributed by atoms with Gasteiger partial charge in [0.2, 0.25) is 5.91 Å². The summed E-state index contributed by atoms with van der Waals surface area (Å²) in [4.78, 5) is 11.8. The molecule has 0 aliphatic heterocycles. The highest BCUT2D eigenvalue weighted by molar-refractivity contribution is 5.85. The van der Waals surface area contributed by atoms with Gasteiger partial charge in [-0.05, 0) is 19.4 Å².